The van der Waals surface area contributed by atoms with E-state index in [4.69, 9.17) is 4.74 Å². The Morgan fingerprint density at radius 3 is 3.00 bits per heavy atom. The fraction of sp³-hybridized carbons (Fsp3) is 0.636. The van der Waals surface area contributed by atoms with Gasteiger partial charge in [-0.25, -0.2) is 9.78 Å². The Balaban J connectivity index is 2.19. The molecule has 16 heavy (non-hydrogen) atoms. The van der Waals surface area contributed by atoms with Gasteiger partial charge in [-0.1, -0.05) is 6.42 Å². The predicted molar refractivity (Wildman–Crippen MR) is 62.8 cm³/mol. The summed E-state index contributed by atoms with van der Waals surface area (Å²) in [5.74, 6) is -0.281. The molecule has 1 saturated heterocycles. The highest BCUT2D eigenvalue weighted by molar-refractivity contribution is 7.13. The number of rotatable bonds is 2. The van der Waals surface area contributed by atoms with E-state index in [9.17, 15) is 4.79 Å². The number of ether oxygens (including phenoxy) is 1. The first-order valence-electron chi connectivity index (χ1n) is 5.51. The molecule has 1 aromatic heterocycles. The second kappa shape index (κ2) is 4.93. The van der Waals surface area contributed by atoms with Crippen molar-refractivity contribution in [2.24, 2.45) is 0 Å². The average molecular weight is 240 g/mol. The standard InChI is InChI=1S/C11H16N2O2S/c1-7-9(11(14)15-2)16-10(13-7)8-5-3-4-6-12-8/h8,12H,3-6H2,1-2H3. The van der Waals surface area contributed by atoms with Crippen LogP contribution in [-0.4, -0.2) is 24.6 Å². The van der Waals surface area contributed by atoms with E-state index in [1.165, 1.54) is 31.3 Å². The molecule has 1 atom stereocenters. The molecule has 0 saturated carbocycles. The number of esters is 1. The number of nitrogens with one attached hydrogen (secondary N) is 1. The van der Waals surface area contributed by atoms with Crippen molar-refractivity contribution in [1.82, 2.24) is 10.3 Å². The monoisotopic (exact) mass is 240 g/mol. The minimum absolute atomic E-state index is 0.281. The molecule has 0 radical (unpaired) electrons. The number of thiazole rings is 1. The Morgan fingerprint density at radius 1 is 1.56 bits per heavy atom. The molecule has 1 aliphatic rings. The third-order valence-electron chi connectivity index (χ3n) is 2.79. The second-order valence-corrected chi connectivity index (χ2v) is 4.99. The van der Waals surface area contributed by atoms with Crippen LogP contribution in [0.1, 0.15) is 45.7 Å². The van der Waals surface area contributed by atoms with Gasteiger partial charge in [0.2, 0.25) is 0 Å². The van der Waals surface area contributed by atoms with Crippen LogP contribution in [0.5, 0.6) is 0 Å². The van der Waals surface area contributed by atoms with Crippen molar-refractivity contribution in [3.63, 3.8) is 0 Å². The van der Waals surface area contributed by atoms with Crippen LogP contribution in [0.2, 0.25) is 0 Å². The van der Waals surface area contributed by atoms with Gasteiger partial charge in [-0.15, -0.1) is 11.3 Å². The number of carbonyl (C=O) groups excluding carboxylic acids is 1. The van der Waals surface area contributed by atoms with Gasteiger partial charge in [0.1, 0.15) is 9.88 Å². The highest BCUT2D eigenvalue weighted by Gasteiger charge is 2.22. The van der Waals surface area contributed by atoms with Crippen LogP contribution < -0.4 is 5.32 Å². The molecule has 1 unspecified atom stereocenters. The Morgan fingerprint density at radius 2 is 2.38 bits per heavy atom. The van der Waals surface area contributed by atoms with Gasteiger partial charge in [0.15, 0.2) is 0 Å². The normalized spacial score (nSPS) is 20.8. The molecule has 0 aliphatic carbocycles. The van der Waals surface area contributed by atoms with E-state index in [0.717, 1.165) is 23.7 Å². The van der Waals surface area contributed by atoms with Crippen molar-refractivity contribution in [1.29, 1.82) is 0 Å². The molecule has 0 bridgehead atoms. The lowest BCUT2D eigenvalue weighted by atomic mass is 10.1. The van der Waals surface area contributed by atoms with E-state index in [1.807, 2.05) is 6.92 Å². The van der Waals surface area contributed by atoms with Gasteiger partial charge in [0.05, 0.1) is 18.8 Å². The SMILES string of the molecule is COC(=O)c1sc(C2CCCCN2)nc1C. The fourth-order valence-corrected chi connectivity index (χ4v) is 3.01. The maximum atomic E-state index is 11.5. The van der Waals surface area contributed by atoms with Crippen molar-refractivity contribution in [2.45, 2.75) is 32.2 Å². The third kappa shape index (κ3) is 2.25. The van der Waals surface area contributed by atoms with E-state index < -0.39 is 0 Å². The third-order valence-corrected chi connectivity index (χ3v) is 4.04. The maximum absolute atomic E-state index is 11.5. The number of aryl methyl sites for hydroxylation is 1. The van der Waals surface area contributed by atoms with E-state index in [-0.39, 0.29) is 5.97 Å². The van der Waals surface area contributed by atoms with Gasteiger partial charge in [0, 0.05) is 0 Å². The molecule has 88 valence electrons. The van der Waals surface area contributed by atoms with E-state index >= 15 is 0 Å². The smallest absolute Gasteiger partial charge is 0.349 e. The molecule has 1 fully saturated rings. The van der Waals surface area contributed by atoms with Crippen LogP contribution in [-0.2, 0) is 4.74 Å². The number of methoxy groups -OCH3 is 1. The van der Waals surface area contributed by atoms with Crippen molar-refractivity contribution >= 4 is 17.3 Å². The summed E-state index contributed by atoms with van der Waals surface area (Å²) in [5, 5.41) is 4.44. The topological polar surface area (TPSA) is 51.2 Å². The van der Waals surface area contributed by atoms with E-state index in [0.29, 0.717) is 10.9 Å². The zero-order valence-corrected chi connectivity index (χ0v) is 10.4. The number of aromatic nitrogens is 1. The first-order valence-corrected chi connectivity index (χ1v) is 6.33. The summed E-state index contributed by atoms with van der Waals surface area (Å²) in [7, 11) is 1.40. The Hall–Kier alpha value is -0.940. The highest BCUT2D eigenvalue weighted by Crippen LogP contribution is 2.29. The largest absolute Gasteiger partial charge is 0.465 e. The molecule has 1 N–H and O–H groups in total. The number of piperidine rings is 1. The van der Waals surface area contributed by atoms with Gasteiger partial charge < -0.3 is 10.1 Å². The van der Waals surface area contributed by atoms with Crippen LogP contribution in [0.25, 0.3) is 0 Å². The lowest BCUT2D eigenvalue weighted by Gasteiger charge is -2.21. The summed E-state index contributed by atoms with van der Waals surface area (Å²) >= 11 is 1.45. The van der Waals surface area contributed by atoms with E-state index in [2.05, 4.69) is 10.3 Å². The van der Waals surface area contributed by atoms with Crippen LogP contribution >= 0.6 is 11.3 Å². The number of carbonyl (C=O) groups is 1. The van der Waals surface area contributed by atoms with Gasteiger partial charge in [-0.05, 0) is 26.3 Å². The van der Waals surface area contributed by atoms with Crippen LogP contribution in [0.3, 0.4) is 0 Å². The Bertz CT molecular complexity index is 383. The molecule has 1 aromatic rings. The van der Waals surface area contributed by atoms with Gasteiger partial charge in [-0.3, -0.25) is 0 Å². The molecule has 5 heteroatoms. The summed E-state index contributed by atoms with van der Waals surface area (Å²) in [4.78, 5) is 16.5. The molecule has 2 rings (SSSR count). The fourth-order valence-electron chi connectivity index (χ4n) is 1.91. The molecular weight excluding hydrogens is 224 g/mol. The first kappa shape index (κ1) is 11.5. The van der Waals surface area contributed by atoms with Crippen LogP contribution in [0.15, 0.2) is 0 Å². The minimum atomic E-state index is -0.281. The maximum Gasteiger partial charge on any atom is 0.349 e. The lowest BCUT2D eigenvalue weighted by molar-refractivity contribution is 0.0605. The molecule has 0 spiro atoms. The van der Waals surface area contributed by atoms with Gasteiger partial charge in [0.25, 0.3) is 0 Å². The summed E-state index contributed by atoms with van der Waals surface area (Å²) in [6, 6.07) is 0.316. The highest BCUT2D eigenvalue weighted by atomic mass is 32.1. The number of nitrogens with zero attached hydrogens (tertiary/aromatic N) is 1. The molecule has 0 amide bonds. The van der Waals surface area contributed by atoms with Gasteiger partial charge >= 0.3 is 5.97 Å². The van der Waals surface area contributed by atoms with Crippen LogP contribution in [0, 0.1) is 6.92 Å². The Labute approximate surface area is 99.0 Å². The minimum Gasteiger partial charge on any atom is -0.465 e. The number of hydrogen-bond acceptors (Lipinski definition) is 5. The van der Waals surface area contributed by atoms with Crippen molar-refractivity contribution in [3.05, 3.63) is 15.6 Å². The molecule has 4 nitrogen and oxygen atoms in total. The summed E-state index contributed by atoms with van der Waals surface area (Å²) < 4.78 is 4.73. The predicted octanol–water partition coefficient (Wildman–Crippen LogP) is 2.05. The summed E-state index contributed by atoms with van der Waals surface area (Å²) in [5.41, 5.74) is 0.777. The molecule has 1 aliphatic heterocycles. The first-order chi connectivity index (χ1) is 7.72. The summed E-state index contributed by atoms with van der Waals surface area (Å²) in [6.45, 7) is 2.89. The van der Waals surface area contributed by atoms with E-state index in [1.54, 1.807) is 0 Å². The number of hydrogen-bond donors (Lipinski definition) is 1. The van der Waals surface area contributed by atoms with Crippen LogP contribution in [0.4, 0.5) is 0 Å². The average Bonchev–Trinajstić information content (AvgIpc) is 2.71. The zero-order valence-electron chi connectivity index (χ0n) is 9.58. The molecule has 0 aromatic carbocycles. The molecular formula is C11H16N2O2S. The van der Waals surface area contributed by atoms with Gasteiger partial charge in [-0.2, -0.15) is 0 Å². The van der Waals surface area contributed by atoms with Crippen molar-refractivity contribution in [2.75, 3.05) is 13.7 Å². The summed E-state index contributed by atoms with van der Waals surface area (Å²) in [6.07, 6.45) is 3.56. The van der Waals surface area contributed by atoms with Crippen molar-refractivity contribution in [3.8, 4) is 0 Å². The zero-order chi connectivity index (χ0) is 11.5. The lowest BCUT2D eigenvalue weighted by Crippen LogP contribution is -2.26. The molecule has 2 heterocycles. The Kier molecular flexibility index (Phi) is 3.56. The second-order valence-electron chi connectivity index (χ2n) is 3.96. The van der Waals surface area contributed by atoms with Crippen molar-refractivity contribution < 1.29 is 9.53 Å². The quantitative estimate of drug-likeness (QED) is 0.804.